The first kappa shape index (κ1) is 16.4. The molecule has 0 fully saturated rings. The normalized spacial score (nSPS) is 17.6. The van der Waals surface area contributed by atoms with Crippen molar-refractivity contribution in [2.75, 3.05) is 5.73 Å². The molecule has 8 heteroatoms. The first-order valence-corrected chi connectivity index (χ1v) is 10.3. The zero-order valence-electron chi connectivity index (χ0n) is 12.6. The van der Waals surface area contributed by atoms with E-state index in [4.69, 9.17) is 5.73 Å². The summed E-state index contributed by atoms with van der Waals surface area (Å²) in [6.45, 7) is 7.11. The summed E-state index contributed by atoms with van der Waals surface area (Å²) in [5.74, 6) is 0.357. The van der Waals surface area contributed by atoms with E-state index in [-0.39, 0.29) is 5.69 Å². The fourth-order valence-electron chi connectivity index (χ4n) is 2.05. The van der Waals surface area contributed by atoms with Gasteiger partial charge in [-0.15, -0.1) is 0 Å². The average molecular weight is 372 g/mol. The predicted octanol–water partition coefficient (Wildman–Crippen LogP) is 4.68. The summed E-state index contributed by atoms with van der Waals surface area (Å²) in [7, 11) is 0. The number of nitrogen functional groups attached to an aromatic ring is 1. The van der Waals surface area contributed by atoms with Gasteiger partial charge in [0.1, 0.15) is 10.8 Å². The first-order valence-electron chi connectivity index (χ1n) is 7.04. The smallest absolute Gasteiger partial charge is 0.350 e. The van der Waals surface area contributed by atoms with Crippen molar-refractivity contribution >= 4 is 52.9 Å². The summed E-state index contributed by atoms with van der Waals surface area (Å²) in [4.78, 5) is 19.8. The summed E-state index contributed by atoms with van der Waals surface area (Å²) in [6.07, 6.45) is 2.02. The molecule has 3 heterocycles. The van der Waals surface area contributed by atoms with E-state index in [2.05, 4.69) is 25.8 Å². The lowest BCUT2D eigenvalue weighted by atomic mass is 10.3. The van der Waals surface area contributed by atoms with Crippen LogP contribution in [0.3, 0.4) is 0 Å². The van der Waals surface area contributed by atoms with Gasteiger partial charge in [0, 0.05) is 6.54 Å². The molecule has 4 nitrogen and oxygen atoms in total. The topological polar surface area (TPSA) is 60.9 Å². The molecule has 0 bridgehead atoms. The average Bonchev–Trinajstić information content (AvgIpc) is 3.04. The van der Waals surface area contributed by atoms with E-state index in [1.165, 1.54) is 18.3 Å². The molecule has 0 aliphatic carbocycles. The Morgan fingerprint density at radius 3 is 2.36 bits per heavy atom. The molecule has 3 rings (SSSR count). The molecule has 1 aromatic rings. The number of thioether (sulfide) groups is 4. The zero-order chi connectivity index (χ0) is 15.9. The second-order valence-electron chi connectivity index (χ2n) is 5.01. The third kappa shape index (κ3) is 2.98. The zero-order valence-corrected chi connectivity index (χ0v) is 15.9. The standard InChI is InChI=1S/C14H17N3OS4/c1-4-5-6-17-11-9(10(15)16-14(17)18)21-13(22-11)12-19-7(2)8(3)20-12/h4-6H2,1-3H3,(H2,15,16,18). The number of hydrogen-bond acceptors (Lipinski definition) is 7. The lowest BCUT2D eigenvalue weighted by molar-refractivity contribution is 0.547. The molecule has 0 unspecified atom stereocenters. The van der Waals surface area contributed by atoms with E-state index >= 15 is 0 Å². The summed E-state index contributed by atoms with van der Waals surface area (Å²) in [5.41, 5.74) is 5.75. The van der Waals surface area contributed by atoms with Crippen molar-refractivity contribution in [3.63, 3.8) is 0 Å². The van der Waals surface area contributed by atoms with Gasteiger partial charge in [0.15, 0.2) is 0 Å². The fraction of sp³-hybridized carbons (Fsp3) is 0.429. The second kappa shape index (κ2) is 6.59. The molecule has 0 saturated carbocycles. The fourth-order valence-corrected chi connectivity index (χ4v) is 7.49. The van der Waals surface area contributed by atoms with E-state index in [9.17, 15) is 4.79 Å². The monoisotopic (exact) mass is 371 g/mol. The van der Waals surface area contributed by atoms with Crippen LogP contribution in [0.25, 0.3) is 0 Å². The number of aromatic nitrogens is 2. The number of hydrogen-bond donors (Lipinski definition) is 1. The van der Waals surface area contributed by atoms with Gasteiger partial charge in [-0.2, -0.15) is 4.98 Å². The molecule has 1 aromatic heterocycles. The molecule has 118 valence electrons. The second-order valence-corrected chi connectivity index (χ2v) is 10.0. The molecule has 2 N–H and O–H groups in total. The van der Waals surface area contributed by atoms with Crippen LogP contribution in [0, 0.1) is 0 Å². The predicted molar refractivity (Wildman–Crippen MR) is 100 cm³/mol. The van der Waals surface area contributed by atoms with E-state index < -0.39 is 0 Å². The van der Waals surface area contributed by atoms with Gasteiger partial charge in [-0.05, 0) is 30.1 Å². The van der Waals surface area contributed by atoms with Crippen LogP contribution in [-0.4, -0.2) is 9.55 Å². The van der Waals surface area contributed by atoms with Crippen LogP contribution in [0.4, 0.5) is 5.82 Å². The number of fused-ring (bicyclic) bond motifs is 1. The van der Waals surface area contributed by atoms with Crippen molar-refractivity contribution in [1.82, 2.24) is 9.55 Å². The highest BCUT2D eigenvalue weighted by atomic mass is 32.2. The molecule has 2 aliphatic heterocycles. The van der Waals surface area contributed by atoms with Gasteiger partial charge in [-0.3, -0.25) is 4.57 Å². The van der Waals surface area contributed by atoms with Crippen LogP contribution in [0.5, 0.6) is 0 Å². The molecule has 0 saturated heterocycles. The highest BCUT2D eigenvalue weighted by molar-refractivity contribution is 8.32. The Hall–Kier alpha value is -0.440. The Labute approximate surface area is 146 Å². The van der Waals surface area contributed by atoms with Gasteiger partial charge in [-0.25, -0.2) is 4.79 Å². The Balaban J connectivity index is 1.98. The minimum Gasteiger partial charge on any atom is -0.383 e. The molecule has 2 aliphatic rings. The van der Waals surface area contributed by atoms with Gasteiger partial charge in [0.25, 0.3) is 0 Å². The third-order valence-corrected chi connectivity index (χ3v) is 9.18. The van der Waals surface area contributed by atoms with E-state index in [1.807, 2.05) is 23.5 Å². The van der Waals surface area contributed by atoms with Crippen molar-refractivity contribution in [2.24, 2.45) is 0 Å². The Morgan fingerprint density at radius 1 is 1.09 bits per heavy atom. The number of rotatable bonds is 3. The molecule has 0 aromatic carbocycles. The molecule has 0 spiro atoms. The first-order chi connectivity index (χ1) is 10.5. The van der Waals surface area contributed by atoms with Crippen molar-refractivity contribution in [3.8, 4) is 0 Å². The largest absolute Gasteiger partial charge is 0.383 e. The number of allylic oxidation sites excluding steroid dienone is 2. The van der Waals surface area contributed by atoms with Crippen LogP contribution in [0.15, 0.2) is 33.0 Å². The van der Waals surface area contributed by atoms with Crippen molar-refractivity contribution in [1.29, 1.82) is 0 Å². The van der Waals surface area contributed by atoms with Crippen LogP contribution in [-0.2, 0) is 6.54 Å². The van der Waals surface area contributed by atoms with E-state index in [0.717, 1.165) is 22.8 Å². The van der Waals surface area contributed by atoms with Crippen LogP contribution in [0.2, 0.25) is 0 Å². The molecule has 0 radical (unpaired) electrons. The number of nitrogens with two attached hydrogens (primary N) is 1. The van der Waals surface area contributed by atoms with Gasteiger partial charge in [0.05, 0.1) is 13.4 Å². The Kier molecular flexibility index (Phi) is 4.92. The van der Waals surface area contributed by atoms with E-state index in [0.29, 0.717) is 12.4 Å². The lowest BCUT2D eigenvalue weighted by Crippen LogP contribution is -2.25. The van der Waals surface area contributed by atoms with Crippen LogP contribution >= 0.6 is 47.0 Å². The summed E-state index contributed by atoms with van der Waals surface area (Å²) in [5, 5.41) is 0.960. The summed E-state index contributed by atoms with van der Waals surface area (Å²) >= 11 is 6.92. The van der Waals surface area contributed by atoms with Gasteiger partial charge >= 0.3 is 5.69 Å². The quantitative estimate of drug-likeness (QED) is 0.774. The van der Waals surface area contributed by atoms with Crippen LogP contribution < -0.4 is 11.4 Å². The molecule has 0 amide bonds. The van der Waals surface area contributed by atoms with Gasteiger partial charge in [0.2, 0.25) is 0 Å². The molecular formula is C14H17N3OS4. The van der Waals surface area contributed by atoms with Gasteiger partial charge in [-0.1, -0.05) is 60.4 Å². The lowest BCUT2D eigenvalue weighted by Gasteiger charge is -2.09. The van der Waals surface area contributed by atoms with Crippen molar-refractivity contribution in [3.05, 3.63) is 28.8 Å². The number of unbranched alkanes of at least 4 members (excludes halogenated alkanes) is 1. The van der Waals surface area contributed by atoms with Gasteiger partial charge < -0.3 is 5.73 Å². The molecule has 0 atom stereocenters. The number of nitrogens with zero attached hydrogens (tertiary/aromatic N) is 2. The number of anilines is 1. The van der Waals surface area contributed by atoms with Crippen LogP contribution in [0.1, 0.15) is 33.6 Å². The van der Waals surface area contributed by atoms with Crippen molar-refractivity contribution in [2.45, 2.75) is 50.1 Å². The Bertz CT molecular complexity index is 735. The maximum absolute atomic E-state index is 12.2. The van der Waals surface area contributed by atoms with E-state index in [1.54, 1.807) is 28.1 Å². The van der Waals surface area contributed by atoms with Crippen molar-refractivity contribution < 1.29 is 0 Å². The minimum absolute atomic E-state index is 0.235. The molecule has 22 heavy (non-hydrogen) atoms. The minimum atomic E-state index is -0.235. The molecular weight excluding hydrogens is 354 g/mol. The highest BCUT2D eigenvalue weighted by Gasteiger charge is 2.30. The summed E-state index contributed by atoms with van der Waals surface area (Å²) < 4.78 is 4.28. The Morgan fingerprint density at radius 2 is 1.73 bits per heavy atom. The third-order valence-electron chi connectivity index (χ3n) is 3.39. The SMILES string of the molecule is CCCCn1c2c(c(N)nc1=O)SC(=C1SC(C)=C(C)S1)S2. The summed E-state index contributed by atoms with van der Waals surface area (Å²) in [6, 6.07) is 0. The maximum Gasteiger partial charge on any atom is 0.350 e. The maximum atomic E-state index is 12.2. The highest BCUT2D eigenvalue weighted by Crippen LogP contribution is 2.60.